The summed E-state index contributed by atoms with van der Waals surface area (Å²) in [5.74, 6) is -0.703. The van der Waals surface area contributed by atoms with Crippen LogP contribution in [-0.4, -0.2) is 110 Å². The van der Waals surface area contributed by atoms with E-state index in [2.05, 4.69) is 43.5 Å². The number of unbranched alkanes of at least 4 members (excludes halogenated alkanes) is 45. The number of allylic oxidation sites excluding steroid dienone is 4. The first kappa shape index (κ1) is 76.6. The molecule has 0 aromatic heterocycles. The van der Waals surface area contributed by atoms with Crippen molar-refractivity contribution in [3.8, 4) is 0 Å². The summed E-state index contributed by atoms with van der Waals surface area (Å²) in [6.07, 6.45) is 61.2. The molecule has 80 heavy (non-hydrogen) atoms. The molecular weight excluding hydrogens is 1000 g/mol. The highest BCUT2D eigenvalue weighted by Crippen LogP contribution is 2.24. The van der Waals surface area contributed by atoms with Crippen molar-refractivity contribution in [2.75, 3.05) is 13.2 Å². The number of aliphatic hydroxyl groups excluding tert-OH is 7. The fourth-order valence-corrected chi connectivity index (χ4v) is 11.4. The first-order valence-electron chi connectivity index (χ1n) is 34.7. The van der Waals surface area contributed by atoms with Gasteiger partial charge >= 0.3 is 0 Å². The molecule has 0 aliphatic carbocycles. The Labute approximate surface area is 493 Å². The average Bonchev–Trinajstić information content (AvgIpc) is 3.47. The van der Waals surface area contributed by atoms with Gasteiger partial charge in [0.05, 0.1) is 25.4 Å². The Morgan fingerprint density at radius 3 is 1.11 bits per heavy atom. The lowest BCUT2D eigenvalue weighted by atomic mass is 9.98. The van der Waals surface area contributed by atoms with Gasteiger partial charge in [-0.25, -0.2) is 0 Å². The summed E-state index contributed by atoms with van der Waals surface area (Å²) in [7, 11) is 0. The largest absolute Gasteiger partial charge is 0.394 e. The number of ether oxygens (including phenoxy) is 2. The number of hydrogen-bond donors (Lipinski definition) is 8. The highest BCUT2D eigenvalue weighted by atomic mass is 16.7. The Bertz CT molecular complexity index is 1350. The van der Waals surface area contributed by atoms with Crippen LogP contribution in [-0.2, 0) is 14.3 Å². The average molecular weight is 1140 g/mol. The zero-order valence-electron chi connectivity index (χ0n) is 52.3. The number of hydrogen-bond acceptors (Lipinski definition) is 10. The van der Waals surface area contributed by atoms with Crippen molar-refractivity contribution in [3.05, 3.63) is 24.3 Å². The van der Waals surface area contributed by atoms with Crippen molar-refractivity contribution in [1.29, 1.82) is 0 Å². The molecule has 1 saturated heterocycles. The molecule has 9 atom stereocenters. The quantitative estimate of drug-likeness (QED) is 0.0215. The van der Waals surface area contributed by atoms with Crippen LogP contribution in [0, 0.1) is 0 Å². The molecule has 1 aliphatic rings. The maximum Gasteiger partial charge on any atom is 0.249 e. The molecule has 0 radical (unpaired) electrons. The minimum absolute atomic E-state index is 0.249. The Kier molecular flexibility index (Phi) is 55.5. The van der Waals surface area contributed by atoms with Crippen LogP contribution >= 0.6 is 0 Å². The fourth-order valence-electron chi connectivity index (χ4n) is 11.4. The molecule has 1 amide bonds. The predicted molar refractivity (Wildman–Crippen MR) is 335 cm³/mol. The van der Waals surface area contributed by atoms with Crippen LogP contribution < -0.4 is 5.32 Å². The van der Waals surface area contributed by atoms with E-state index in [9.17, 15) is 40.5 Å². The summed E-state index contributed by atoms with van der Waals surface area (Å²) < 4.78 is 11.2. The summed E-state index contributed by atoms with van der Waals surface area (Å²) >= 11 is 0. The number of nitrogens with one attached hydrogen (secondary N) is 1. The summed E-state index contributed by atoms with van der Waals surface area (Å²) in [6, 6.07) is -1.19. The van der Waals surface area contributed by atoms with E-state index in [1.165, 1.54) is 257 Å². The van der Waals surface area contributed by atoms with E-state index >= 15 is 0 Å². The van der Waals surface area contributed by atoms with Crippen molar-refractivity contribution >= 4 is 5.91 Å². The molecule has 9 unspecified atom stereocenters. The van der Waals surface area contributed by atoms with E-state index in [1.807, 2.05) is 0 Å². The summed E-state index contributed by atoms with van der Waals surface area (Å²) in [5.41, 5.74) is 0. The van der Waals surface area contributed by atoms with Gasteiger partial charge in [0.15, 0.2) is 6.29 Å². The van der Waals surface area contributed by atoms with Gasteiger partial charge in [0.1, 0.15) is 36.6 Å². The van der Waals surface area contributed by atoms with Crippen molar-refractivity contribution in [3.63, 3.8) is 0 Å². The van der Waals surface area contributed by atoms with E-state index in [0.717, 1.165) is 38.5 Å². The zero-order valence-corrected chi connectivity index (χ0v) is 52.3. The fraction of sp³-hybridized carbons (Fsp3) is 0.928. The van der Waals surface area contributed by atoms with Crippen LogP contribution in [0.3, 0.4) is 0 Å². The standard InChI is InChI=1S/C69H133NO10/c1-3-5-7-9-11-13-15-17-19-21-23-25-27-28-29-30-31-32-33-35-37-39-41-43-45-47-49-51-53-55-57-62(73)68(78)70-60(59-79-69-67(77)66(76)65(75)63(58-71)80-69)64(74)61(72)56-54-52-50-48-46-44-42-40-38-36-34-26-24-22-20-18-16-14-12-10-8-6-4-2/h40,42,48,50,60-67,69,71-77H,3-39,41,43-47,49,51-59H2,1-2H3,(H,70,78)/b42-40+,50-48+. The summed E-state index contributed by atoms with van der Waals surface area (Å²) in [4.78, 5) is 13.2. The van der Waals surface area contributed by atoms with Crippen molar-refractivity contribution < 1.29 is 50.0 Å². The van der Waals surface area contributed by atoms with Crippen LogP contribution in [0.2, 0.25) is 0 Å². The van der Waals surface area contributed by atoms with E-state index in [-0.39, 0.29) is 12.8 Å². The highest BCUT2D eigenvalue weighted by molar-refractivity contribution is 5.80. The Balaban J connectivity index is 2.21. The first-order valence-corrected chi connectivity index (χ1v) is 34.7. The summed E-state index contributed by atoms with van der Waals surface area (Å²) in [5, 5.41) is 76.4. The second-order valence-corrected chi connectivity index (χ2v) is 24.6. The Morgan fingerprint density at radius 2 is 0.750 bits per heavy atom. The van der Waals surface area contributed by atoms with Gasteiger partial charge in [-0.05, 0) is 51.4 Å². The lowest BCUT2D eigenvalue weighted by molar-refractivity contribution is -0.303. The maximum atomic E-state index is 13.2. The van der Waals surface area contributed by atoms with Crippen LogP contribution in [0.15, 0.2) is 24.3 Å². The van der Waals surface area contributed by atoms with E-state index < -0.39 is 74.2 Å². The minimum atomic E-state index is -1.67. The van der Waals surface area contributed by atoms with Gasteiger partial charge < -0.3 is 50.5 Å². The third-order valence-electron chi connectivity index (χ3n) is 17.0. The topological polar surface area (TPSA) is 189 Å². The SMILES string of the molecule is CCCCCCCCCCCCCCCC/C=C/CC/C=C/CCCC(O)C(O)C(COC1OC(CO)C(O)C(O)C1O)NC(=O)C(O)CCCCCCCCCCCCCCCCCCCCCCCCCCCCCCCC. The van der Waals surface area contributed by atoms with Gasteiger partial charge in [-0.15, -0.1) is 0 Å². The van der Waals surface area contributed by atoms with Crippen molar-refractivity contribution in [2.45, 2.75) is 396 Å². The normalized spacial score (nSPS) is 19.3. The lowest BCUT2D eigenvalue weighted by Gasteiger charge is -2.40. The van der Waals surface area contributed by atoms with E-state index in [0.29, 0.717) is 19.3 Å². The number of carbonyl (C=O) groups is 1. The van der Waals surface area contributed by atoms with Crippen molar-refractivity contribution in [1.82, 2.24) is 5.32 Å². The second kappa shape index (κ2) is 58.0. The molecule has 1 aliphatic heterocycles. The molecule has 1 fully saturated rings. The van der Waals surface area contributed by atoms with Crippen LogP contribution in [0.1, 0.15) is 341 Å². The predicted octanol–water partition coefficient (Wildman–Crippen LogP) is 16.4. The molecule has 0 aromatic carbocycles. The van der Waals surface area contributed by atoms with Crippen LogP contribution in [0.5, 0.6) is 0 Å². The molecule has 0 bridgehead atoms. The molecule has 11 heteroatoms. The van der Waals surface area contributed by atoms with Gasteiger partial charge in [0, 0.05) is 0 Å². The summed E-state index contributed by atoms with van der Waals surface area (Å²) in [6.45, 7) is 3.49. The number of carbonyl (C=O) groups excluding carboxylic acids is 1. The van der Waals surface area contributed by atoms with Crippen LogP contribution in [0.4, 0.5) is 0 Å². The van der Waals surface area contributed by atoms with Gasteiger partial charge in [0.2, 0.25) is 5.91 Å². The van der Waals surface area contributed by atoms with Gasteiger partial charge in [0.25, 0.3) is 0 Å². The highest BCUT2D eigenvalue weighted by Gasteiger charge is 2.44. The third-order valence-corrected chi connectivity index (χ3v) is 17.0. The van der Waals surface area contributed by atoms with Gasteiger partial charge in [-0.3, -0.25) is 4.79 Å². The monoisotopic (exact) mass is 1140 g/mol. The minimum Gasteiger partial charge on any atom is -0.394 e. The second-order valence-electron chi connectivity index (χ2n) is 24.6. The molecule has 1 heterocycles. The molecule has 11 nitrogen and oxygen atoms in total. The molecule has 1 rings (SSSR count). The lowest BCUT2D eigenvalue weighted by Crippen LogP contribution is -2.60. The Hall–Kier alpha value is -1.41. The van der Waals surface area contributed by atoms with Gasteiger partial charge in [-0.2, -0.15) is 0 Å². The molecule has 0 aromatic rings. The third kappa shape index (κ3) is 45.0. The van der Waals surface area contributed by atoms with Crippen LogP contribution in [0.25, 0.3) is 0 Å². The molecule has 474 valence electrons. The Morgan fingerprint density at radius 1 is 0.425 bits per heavy atom. The molecular formula is C69H133NO10. The first-order chi connectivity index (χ1) is 39.2. The number of amides is 1. The maximum absolute atomic E-state index is 13.2. The van der Waals surface area contributed by atoms with Crippen molar-refractivity contribution in [2.24, 2.45) is 0 Å². The molecule has 8 N–H and O–H groups in total. The smallest absolute Gasteiger partial charge is 0.249 e. The molecule has 0 spiro atoms. The van der Waals surface area contributed by atoms with E-state index in [1.54, 1.807) is 0 Å². The number of aliphatic hydroxyl groups is 7. The molecule has 0 saturated carbocycles. The zero-order chi connectivity index (χ0) is 58.2. The van der Waals surface area contributed by atoms with Gasteiger partial charge in [-0.1, -0.05) is 314 Å². The van der Waals surface area contributed by atoms with E-state index in [4.69, 9.17) is 9.47 Å². The number of rotatable bonds is 61.